The summed E-state index contributed by atoms with van der Waals surface area (Å²) in [5.41, 5.74) is -0.167. The number of hydrogen-bond acceptors (Lipinski definition) is 1. The van der Waals surface area contributed by atoms with Crippen molar-refractivity contribution in [3.8, 4) is 0 Å². The summed E-state index contributed by atoms with van der Waals surface area (Å²) in [6, 6.07) is 3.00. The molecule has 1 aromatic rings. The number of hydrogen-bond donors (Lipinski definition) is 0. The zero-order chi connectivity index (χ0) is 13.8. The second kappa shape index (κ2) is 6.46. The highest BCUT2D eigenvalue weighted by molar-refractivity contribution is 9.09. The summed E-state index contributed by atoms with van der Waals surface area (Å²) in [7, 11) is 0. The van der Waals surface area contributed by atoms with Gasteiger partial charge in [-0.15, -0.1) is 0 Å². The van der Waals surface area contributed by atoms with Crippen LogP contribution in [-0.2, 0) is 0 Å². The van der Waals surface area contributed by atoms with Gasteiger partial charge in [0.05, 0.1) is 5.56 Å². The van der Waals surface area contributed by atoms with E-state index in [4.69, 9.17) is 0 Å². The number of amides is 1. The van der Waals surface area contributed by atoms with Crippen LogP contribution in [0.2, 0.25) is 0 Å². The van der Waals surface area contributed by atoms with E-state index in [1.54, 1.807) is 4.90 Å². The minimum absolute atomic E-state index is 0.167. The lowest BCUT2D eigenvalue weighted by Gasteiger charge is -2.32. The van der Waals surface area contributed by atoms with Crippen LogP contribution in [0.15, 0.2) is 18.2 Å². The molecule has 1 aliphatic heterocycles. The predicted molar refractivity (Wildman–Crippen MR) is 73.4 cm³/mol. The molecule has 1 fully saturated rings. The first-order valence-corrected chi connectivity index (χ1v) is 7.54. The van der Waals surface area contributed by atoms with E-state index in [0.717, 1.165) is 42.8 Å². The van der Waals surface area contributed by atoms with Gasteiger partial charge >= 0.3 is 0 Å². The molecular weight excluding hydrogens is 316 g/mol. The maximum atomic E-state index is 13.6. The van der Waals surface area contributed by atoms with Crippen LogP contribution < -0.4 is 0 Å². The average Bonchev–Trinajstić information content (AvgIpc) is 2.41. The molecule has 0 bridgehead atoms. The highest BCUT2D eigenvalue weighted by Crippen LogP contribution is 2.22. The van der Waals surface area contributed by atoms with Crippen molar-refractivity contribution in [2.24, 2.45) is 5.92 Å². The molecule has 1 aromatic carbocycles. The molecule has 5 heteroatoms. The molecule has 1 amide bonds. The van der Waals surface area contributed by atoms with Crippen molar-refractivity contribution >= 4 is 21.8 Å². The first kappa shape index (κ1) is 14.4. The topological polar surface area (TPSA) is 20.3 Å². The van der Waals surface area contributed by atoms with E-state index in [2.05, 4.69) is 15.9 Å². The molecule has 1 saturated heterocycles. The second-order valence-corrected chi connectivity index (χ2v) is 5.65. The van der Waals surface area contributed by atoms with Gasteiger partial charge in [-0.25, -0.2) is 8.78 Å². The third-order valence-corrected chi connectivity index (χ3v) is 3.94. The standard InChI is InChI=1S/C14H16BrF2NO/c15-6-5-10-2-1-7-18(9-10)14(19)12-8-11(16)3-4-13(12)17/h3-4,8,10H,1-2,5-7,9H2. The molecule has 1 atom stereocenters. The maximum absolute atomic E-state index is 13.6. The SMILES string of the molecule is O=C(c1cc(F)ccc1F)N1CCCC(CCBr)C1. The van der Waals surface area contributed by atoms with Gasteiger partial charge in [-0.3, -0.25) is 4.79 Å². The van der Waals surface area contributed by atoms with Gasteiger partial charge in [0.1, 0.15) is 11.6 Å². The van der Waals surface area contributed by atoms with Crippen molar-refractivity contribution < 1.29 is 13.6 Å². The summed E-state index contributed by atoms with van der Waals surface area (Å²) in [6.07, 6.45) is 3.00. The minimum atomic E-state index is -0.658. The Labute approximate surface area is 119 Å². The first-order chi connectivity index (χ1) is 9.11. The number of benzene rings is 1. The molecule has 0 aromatic heterocycles. The minimum Gasteiger partial charge on any atom is -0.338 e. The third kappa shape index (κ3) is 3.53. The lowest BCUT2D eigenvalue weighted by molar-refractivity contribution is 0.0666. The molecule has 1 heterocycles. The Kier molecular flexibility index (Phi) is 4.91. The van der Waals surface area contributed by atoms with Crippen LogP contribution in [0.1, 0.15) is 29.6 Å². The number of nitrogens with zero attached hydrogens (tertiary/aromatic N) is 1. The number of alkyl halides is 1. The van der Waals surface area contributed by atoms with Crippen molar-refractivity contribution in [1.29, 1.82) is 0 Å². The Balaban J connectivity index is 2.12. The fraction of sp³-hybridized carbons (Fsp3) is 0.500. The van der Waals surface area contributed by atoms with Gasteiger partial charge in [0, 0.05) is 18.4 Å². The normalized spacial score (nSPS) is 19.5. The first-order valence-electron chi connectivity index (χ1n) is 6.42. The Morgan fingerprint density at radius 2 is 2.21 bits per heavy atom. The number of carbonyl (C=O) groups is 1. The van der Waals surface area contributed by atoms with Crippen LogP contribution in [0, 0.1) is 17.6 Å². The van der Waals surface area contributed by atoms with E-state index in [-0.39, 0.29) is 5.56 Å². The van der Waals surface area contributed by atoms with E-state index in [1.165, 1.54) is 0 Å². The van der Waals surface area contributed by atoms with Crippen molar-refractivity contribution in [2.75, 3.05) is 18.4 Å². The fourth-order valence-electron chi connectivity index (χ4n) is 2.47. The highest BCUT2D eigenvalue weighted by Gasteiger charge is 2.25. The molecule has 1 unspecified atom stereocenters. The highest BCUT2D eigenvalue weighted by atomic mass is 79.9. The van der Waals surface area contributed by atoms with Gasteiger partial charge in [-0.05, 0) is 43.4 Å². The largest absolute Gasteiger partial charge is 0.338 e. The van der Waals surface area contributed by atoms with Gasteiger partial charge in [-0.1, -0.05) is 15.9 Å². The van der Waals surface area contributed by atoms with Gasteiger partial charge in [-0.2, -0.15) is 0 Å². The van der Waals surface area contributed by atoms with E-state index >= 15 is 0 Å². The number of rotatable bonds is 3. The van der Waals surface area contributed by atoms with Crippen LogP contribution in [0.3, 0.4) is 0 Å². The molecule has 1 aliphatic rings. The molecule has 2 rings (SSSR count). The smallest absolute Gasteiger partial charge is 0.256 e. The molecule has 0 spiro atoms. The zero-order valence-corrected chi connectivity index (χ0v) is 12.1. The Bertz CT molecular complexity index is 465. The van der Waals surface area contributed by atoms with E-state index in [9.17, 15) is 13.6 Å². The van der Waals surface area contributed by atoms with E-state index in [0.29, 0.717) is 19.0 Å². The summed E-state index contributed by atoms with van der Waals surface area (Å²) >= 11 is 3.39. The van der Waals surface area contributed by atoms with E-state index < -0.39 is 17.5 Å². The lowest BCUT2D eigenvalue weighted by Crippen LogP contribution is -2.40. The van der Waals surface area contributed by atoms with Crippen LogP contribution in [-0.4, -0.2) is 29.2 Å². The Morgan fingerprint density at radius 3 is 2.95 bits per heavy atom. The molecule has 0 saturated carbocycles. The van der Waals surface area contributed by atoms with Gasteiger partial charge < -0.3 is 4.90 Å². The Morgan fingerprint density at radius 1 is 1.42 bits per heavy atom. The summed E-state index contributed by atoms with van der Waals surface area (Å²) in [5, 5.41) is 0.897. The second-order valence-electron chi connectivity index (χ2n) is 4.86. The molecule has 19 heavy (non-hydrogen) atoms. The summed E-state index contributed by atoms with van der Waals surface area (Å²) in [6.45, 7) is 1.24. The molecule has 2 nitrogen and oxygen atoms in total. The van der Waals surface area contributed by atoms with Crippen LogP contribution >= 0.6 is 15.9 Å². The number of carbonyl (C=O) groups excluding carboxylic acids is 1. The molecule has 0 radical (unpaired) electrons. The van der Waals surface area contributed by atoms with Gasteiger partial charge in [0.25, 0.3) is 5.91 Å². The zero-order valence-electron chi connectivity index (χ0n) is 10.5. The molecule has 0 aliphatic carbocycles. The van der Waals surface area contributed by atoms with Crippen molar-refractivity contribution in [3.63, 3.8) is 0 Å². The van der Waals surface area contributed by atoms with Crippen LogP contribution in [0.5, 0.6) is 0 Å². The van der Waals surface area contributed by atoms with Gasteiger partial charge in [0.2, 0.25) is 0 Å². The van der Waals surface area contributed by atoms with Crippen molar-refractivity contribution in [2.45, 2.75) is 19.3 Å². The summed E-state index contributed by atoms with van der Waals surface area (Å²) < 4.78 is 26.7. The summed E-state index contributed by atoms with van der Waals surface area (Å²) in [4.78, 5) is 13.9. The molecule has 104 valence electrons. The molecule has 0 N–H and O–H groups in total. The van der Waals surface area contributed by atoms with Gasteiger partial charge in [0.15, 0.2) is 0 Å². The van der Waals surface area contributed by atoms with Crippen molar-refractivity contribution in [1.82, 2.24) is 4.90 Å². The molecular formula is C14H16BrF2NO. The lowest BCUT2D eigenvalue weighted by atomic mass is 9.95. The average molecular weight is 332 g/mol. The van der Waals surface area contributed by atoms with E-state index in [1.807, 2.05) is 0 Å². The quantitative estimate of drug-likeness (QED) is 0.775. The monoisotopic (exact) mass is 331 g/mol. The summed E-state index contributed by atoms with van der Waals surface area (Å²) in [5.74, 6) is -1.21. The number of piperidine rings is 1. The van der Waals surface area contributed by atoms with Crippen LogP contribution in [0.25, 0.3) is 0 Å². The number of likely N-dealkylation sites (tertiary alicyclic amines) is 1. The third-order valence-electron chi connectivity index (χ3n) is 3.48. The number of halogens is 3. The Hall–Kier alpha value is -0.970. The van der Waals surface area contributed by atoms with Crippen molar-refractivity contribution in [3.05, 3.63) is 35.4 Å². The maximum Gasteiger partial charge on any atom is 0.256 e. The predicted octanol–water partition coefficient (Wildman–Crippen LogP) is 3.60. The van der Waals surface area contributed by atoms with Crippen LogP contribution in [0.4, 0.5) is 8.78 Å². The fourth-order valence-corrected chi connectivity index (χ4v) is 3.12.